The van der Waals surface area contributed by atoms with Crippen LogP contribution in [0.3, 0.4) is 0 Å². The van der Waals surface area contributed by atoms with Crippen molar-refractivity contribution in [3.05, 3.63) is 94.5 Å². The molecule has 9 nitrogen and oxygen atoms in total. The zero-order valence-electron chi connectivity index (χ0n) is 28.1. The van der Waals surface area contributed by atoms with E-state index in [-0.39, 0.29) is 49.9 Å². The molecule has 0 bridgehead atoms. The average molecular weight is 707 g/mol. The number of nitrogens with zero attached hydrogens (tertiary/aromatic N) is 2. The highest BCUT2D eigenvalue weighted by Crippen LogP contribution is 2.60. The average Bonchev–Trinajstić information content (AvgIpc) is 3.76. The molecule has 0 unspecified atom stereocenters. The fourth-order valence-electron chi connectivity index (χ4n) is 7.91. The summed E-state index contributed by atoms with van der Waals surface area (Å²) >= 11 is 6.52. The summed E-state index contributed by atoms with van der Waals surface area (Å²) in [6.07, 6.45) is 0.783. The van der Waals surface area contributed by atoms with Gasteiger partial charge in [0.25, 0.3) is 5.91 Å². The Morgan fingerprint density at radius 1 is 1.12 bits per heavy atom. The fourth-order valence-corrected chi connectivity index (χ4v) is 10.6. The molecule has 0 aliphatic carbocycles. The van der Waals surface area contributed by atoms with E-state index in [1.165, 1.54) is 0 Å². The monoisotopic (exact) mass is 706 g/mol. The normalized spacial score (nSPS) is 24.8. The first-order valence-corrected chi connectivity index (χ1v) is 20.3. The third-order valence-electron chi connectivity index (χ3n) is 10.2. The maximum absolute atomic E-state index is 16.3. The summed E-state index contributed by atoms with van der Waals surface area (Å²) in [5.74, 6) is -1.26. The van der Waals surface area contributed by atoms with Gasteiger partial charge in [-0.2, -0.15) is 0 Å². The molecule has 5 atom stereocenters. The van der Waals surface area contributed by atoms with Gasteiger partial charge in [0.2, 0.25) is 20.2 Å². The first-order valence-electron chi connectivity index (χ1n) is 17.0. The number of carbonyl (C=O) groups excluding carboxylic acids is 3. The van der Waals surface area contributed by atoms with Crippen molar-refractivity contribution in [3.63, 3.8) is 0 Å². The minimum atomic E-state index is -3.52. The van der Waals surface area contributed by atoms with Gasteiger partial charge in [0.05, 0.1) is 37.4 Å². The van der Waals surface area contributed by atoms with E-state index in [0.29, 0.717) is 28.5 Å². The number of fused-ring (bicyclic) bond motifs is 2. The minimum absolute atomic E-state index is 0.0680. The second-order valence-corrected chi connectivity index (χ2v) is 18.1. The van der Waals surface area contributed by atoms with E-state index < -0.39 is 31.6 Å². The molecule has 6 rings (SSSR count). The molecule has 3 aliphatic heterocycles. The Morgan fingerprint density at radius 3 is 2.51 bits per heavy atom. The lowest BCUT2D eigenvalue weighted by Gasteiger charge is -2.31. The molecular formula is C37H44ClFN4O5Si. The van der Waals surface area contributed by atoms with Crippen molar-refractivity contribution in [1.29, 1.82) is 0 Å². The molecule has 260 valence electrons. The molecule has 2 saturated heterocycles. The van der Waals surface area contributed by atoms with Crippen molar-refractivity contribution in [2.75, 3.05) is 29.9 Å². The summed E-state index contributed by atoms with van der Waals surface area (Å²) in [5, 5.41) is 16.3. The van der Waals surface area contributed by atoms with E-state index in [0.717, 1.165) is 30.5 Å². The summed E-state index contributed by atoms with van der Waals surface area (Å²) in [6.45, 7) is 6.29. The summed E-state index contributed by atoms with van der Waals surface area (Å²) in [4.78, 5) is 44.3. The minimum Gasteiger partial charge on any atom is -0.395 e. The topological polar surface area (TPSA) is 111 Å². The van der Waals surface area contributed by atoms with Crippen LogP contribution in [0.1, 0.15) is 42.9 Å². The Bertz CT molecular complexity index is 1680. The Balaban J connectivity index is 1.27. The number of halogens is 2. The SMILES string of the molecule is C[C@@H]1[C@@H]([Si](C)(C)F)[C@H](CC(=O)N(CCO)Cc2ccccc2)O[C@@]12C(=O)N(Cc1ccc(NC(=O)[C@H]3CCCN3)cc1)c1ccc(Cl)cc12. The second-order valence-electron chi connectivity index (χ2n) is 13.9. The highest BCUT2D eigenvalue weighted by Gasteiger charge is 2.67. The summed E-state index contributed by atoms with van der Waals surface area (Å²) in [7, 11) is -3.52. The molecule has 3 aromatic rings. The number of aliphatic hydroxyl groups is 1. The molecule has 3 aliphatic rings. The number of benzene rings is 3. The van der Waals surface area contributed by atoms with Crippen LogP contribution in [0.5, 0.6) is 0 Å². The van der Waals surface area contributed by atoms with Crippen LogP contribution in [0.2, 0.25) is 23.7 Å². The van der Waals surface area contributed by atoms with Gasteiger partial charge >= 0.3 is 0 Å². The molecule has 3 amide bonds. The van der Waals surface area contributed by atoms with Gasteiger partial charge in [0, 0.05) is 40.8 Å². The van der Waals surface area contributed by atoms with Gasteiger partial charge in [-0.25, -0.2) is 0 Å². The summed E-state index contributed by atoms with van der Waals surface area (Å²) < 4.78 is 23.1. The van der Waals surface area contributed by atoms with Crippen LogP contribution in [0, 0.1) is 5.92 Å². The van der Waals surface area contributed by atoms with Crippen molar-refractivity contribution in [1.82, 2.24) is 10.2 Å². The predicted octanol–water partition coefficient (Wildman–Crippen LogP) is 5.76. The van der Waals surface area contributed by atoms with E-state index in [4.69, 9.17) is 16.3 Å². The Hall–Kier alpha value is -3.61. The maximum atomic E-state index is 16.3. The number of ether oxygens (including phenoxy) is 1. The van der Waals surface area contributed by atoms with Crippen molar-refractivity contribution < 1.29 is 28.3 Å². The van der Waals surface area contributed by atoms with Crippen molar-refractivity contribution in [2.45, 2.75) is 75.7 Å². The van der Waals surface area contributed by atoms with Crippen molar-refractivity contribution in [2.24, 2.45) is 5.92 Å². The number of hydrogen-bond donors (Lipinski definition) is 3. The molecule has 3 heterocycles. The van der Waals surface area contributed by atoms with E-state index in [1.54, 1.807) is 41.1 Å². The van der Waals surface area contributed by atoms with E-state index in [2.05, 4.69) is 10.6 Å². The number of carbonyl (C=O) groups is 3. The van der Waals surface area contributed by atoms with Gasteiger partial charge in [0.1, 0.15) is 0 Å². The molecule has 0 radical (unpaired) electrons. The number of amides is 3. The zero-order valence-corrected chi connectivity index (χ0v) is 29.9. The molecule has 2 fully saturated rings. The highest BCUT2D eigenvalue weighted by molar-refractivity contribution is 6.72. The molecular weight excluding hydrogens is 663 g/mol. The van der Waals surface area contributed by atoms with Gasteiger partial charge in [0.15, 0.2) is 5.60 Å². The lowest BCUT2D eigenvalue weighted by molar-refractivity contribution is -0.150. The van der Waals surface area contributed by atoms with Crippen LogP contribution in [-0.4, -0.2) is 68.0 Å². The standard InChI is InChI=1S/C37H44ClFN4O5Si/c1-24-34(49(2,3)39)32(21-33(45)42(18-19-44)22-25-8-5-4-6-9-25)48-37(24)29-20-27(38)13-16-31(29)43(36(37)47)23-26-11-14-28(15-12-26)41-35(46)30-10-7-17-40-30/h4-6,8-9,11-16,20,24,30,32,34,40,44H,7,10,17-19,21-23H2,1-3H3,(H,41,46)/t24-,30-,32+,34-,37+/m1/s1. The lowest BCUT2D eigenvalue weighted by atomic mass is 9.82. The summed E-state index contributed by atoms with van der Waals surface area (Å²) in [5.41, 5.74) is 1.40. The number of hydrogen-bond acceptors (Lipinski definition) is 6. The number of aliphatic hydroxyl groups excluding tert-OH is 1. The molecule has 3 N–H and O–H groups in total. The summed E-state index contributed by atoms with van der Waals surface area (Å²) in [6, 6.07) is 21.9. The molecule has 49 heavy (non-hydrogen) atoms. The fraction of sp³-hybridized carbons (Fsp3) is 0.432. The van der Waals surface area contributed by atoms with Gasteiger partial charge in [-0.05, 0) is 73.9 Å². The number of rotatable bonds is 11. The first-order chi connectivity index (χ1) is 23.4. The van der Waals surface area contributed by atoms with E-state index >= 15 is 4.11 Å². The van der Waals surface area contributed by atoms with Crippen LogP contribution in [-0.2, 0) is 37.8 Å². The Morgan fingerprint density at radius 2 is 1.86 bits per heavy atom. The highest BCUT2D eigenvalue weighted by atomic mass is 35.5. The van der Waals surface area contributed by atoms with Crippen LogP contribution >= 0.6 is 11.6 Å². The van der Waals surface area contributed by atoms with Gasteiger partial charge in [-0.3, -0.25) is 14.4 Å². The zero-order chi connectivity index (χ0) is 34.9. The van der Waals surface area contributed by atoms with Crippen molar-refractivity contribution >= 4 is 49.1 Å². The molecule has 3 aromatic carbocycles. The molecule has 12 heteroatoms. The van der Waals surface area contributed by atoms with E-state index in [1.807, 2.05) is 61.5 Å². The first kappa shape index (κ1) is 35.2. The van der Waals surface area contributed by atoms with Crippen LogP contribution in [0.25, 0.3) is 0 Å². The van der Waals surface area contributed by atoms with Gasteiger partial charge in [-0.1, -0.05) is 61.0 Å². The molecule has 0 saturated carbocycles. The van der Waals surface area contributed by atoms with Gasteiger partial charge in [-0.15, -0.1) is 0 Å². The predicted molar refractivity (Wildman–Crippen MR) is 190 cm³/mol. The quantitative estimate of drug-likeness (QED) is 0.173. The van der Waals surface area contributed by atoms with E-state index in [9.17, 15) is 19.5 Å². The van der Waals surface area contributed by atoms with Crippen LogP contribution in [0.4, 0.5) is 15.5 Å². The Labute approximate surface area is 292 Å². The number of nitrogens with one attached hydrogen (secondary N) is 2. The third-order valence-corrected chi connectivity index (χ3v) is 12.9. The largest absolute Gasteiger partial charge is 0.395 e. The second kappa shape index (κ2) is 14.3. The van der Waals surface area contributed by atoms with Crippen LogP contribution < -0.4 is 15.5 Å². The smallest absolute Gasteiger partial charge is 0.264 e. The molecule has 1 spiro atoms. The maximum Gasteiger partial charge on any atom is 0.264 e. The van der Waals surface area contributed by atoms with Gasteiger partial charge < -0.3 is 34.4 Å². The Kier molecular flexibility index (Phi) is 10.3. The lowest BCUT2D eigenvalue weighted by Crippen LogP contribution is -2.45. The molecule has 0 aromatic heterocycles. The third kappa shape index (κ3) is 7.05. The number of anilines is 2. The van der Waals surface area contributed by atoms with Crippen molar-refractivity contribution in [3.8, 4) is 0 Å². The van der Waals surface area contributed by atoms with Crippen LogP contribution in [0.15, 0.2) is 72.8 Å².